The van der Waals surface area contributed by atoms with Crippen molar-refractivity contribution in [3.8, 4) is 0 Å². The molecule has 0 aliphatic carbocycles. The molecule has 1 rings (SSSR count). The van der Waals surface area contributed by atoms with Crippen molar-refractivity contribution in [2.24, 2.45) is 5.92 Å². The first kappa shape index (κ1) is 14.7. The first-order chi connectivity index (χ1) is 7.93. The molecule has 0 radical (unpaired) electrons. The van der Waals surface area contributed by atoms with Gasteiger partial charge >= 0.3 is 0 Å². The van der Waals surface area contributed by atoms with Gasteiger partial charge in [0, 0.05) is 21.8 Å². The van der Waals surface area contributed by atoms with Crippen molar-refractivity contribution < 1.29 is 5.11 Å². The molecule has 2 unspecified atom stereocenters. The lowest BCUT2D eigenvalue weighted by Gasteiger charge is -2.23. The lowest BCUT2D eigenvalue weighted by molar-refractivity contribution is 0.215. The Morgan fingerprint density at radius 1 is 1.29 bits per heavy atom. The zero-order valence-corrected chi connectivity index (χ0v) is 12.4. The summed E-state index contributed by atoms with van der Waals surface area (Å²) in [6, 6.07) is 2.77. The SMILES string of the molecule is Cc1cc(C(C)NC(CO)CC(C)C)c(C)s1. The summed E-state index contributed by atoms with van der Waals surface area (Å²) in [5.41, 5.74) is 1.37. The third-order valence-corrected chi connectivity index (χ3v) is 3.99. The van der Waals surface area contributed by atoms with Crippen LogP contribution in [0.15, 0.2) is 6.07 Å². The Labute approximate surface area is 109 Å². The van der Waals surface area contributed by atoms with Gasteiger partial charge in [0.15, 0.2) is 0 Å². The zero-order chi connectivity index (χ0) is 13.0. The maximum absolute atomic E-state index is 9.39. The Hall–Kier alpha value is -0.380. The van der Waals surface area contributed by atoms with Crippen LogP contribution in [0.4, 0.5) is 0 Å². The summed E-state index contributed by atoms with van der Waals surface area (Å²) in [5.74, 6) is 0.608. The van der Waals surface area contributed by atoms with Gasteiger partial charge in [0.2, 0.25) is 0 Å². The van der Waals surface area contributed by atoms with Crippen molar-refractivity contribution in [2.75, 3.05) is 6.61 Å². The normalized spacial score (nSPS) is 15.2. The summed E-state index contributed by atoms with van der Waals surface area (Å²) in [5, 5.41) is 12.9. The summed E-state index contributed by atoms with van der Waals surface area (Å²) < 4.78 is 0. The predicted molar refractivity (Wildman–Crippen MR) is 75.7 cm³/mol. The molecular formula is C14H25NOS. The molecule has 0 aliphatic heterocycles. The van der Waals surface area contributed by atoms with Gasteiger partial charge in [0.25, 0.3) is 0 Å². The van der Waals surface area contributed by atoms with Crippen LogP contribution < -0.4 is 5.32 Å². The Bertz CT molecular complexity index is 346. The van der Waals surface area contributed by atoms with Crippen LogP contribution >= 0.6 is 11.3 Å². The number of thiophene rings is 1. The summed E-state index contributed by atoms with van der Waals surface area (Å²) >= 11 is 1.84. The molecular weight excluding hydrogens is 230 g/mol. The summed E-state index contributed by atoms with van der Waals surface area (Å²) in [6.07, 6.45) is 1.02. The number of nitrogens with one attached hydrogen (secondary N) is 1. The number of aliphatic hydroxyl groups excluding tert-OH is 1. The van der Waals surface area contributed by atoms with Crippen LogP contribution in [0, 0.1) is 19.8 Å². The minimum Gasteiger partial charge on any atom is -0.395 e. The maximum Gasteiger partial charge on any atom is 0.0584 e. The Morgan fingerprint density at radius 3 is 2.35 bits per heavy atom. The van der Waals surface area contributed by atoms with Crippen molar-refractivity contribution in [3.63, 3.8) is 0 Å². The Morgan fingerprint density at radius 2 is 1.94 bits per heavy atom. The molecule has 0 saturated heterocycles. The molecule has 2 nitrogen and oxygen atoms in total. The van der Waals surface area contributed by atoms with E-state index in [2.05, 4.69) is 46.0 Å². The predicted octanol–water partition coefficient (Wildman–Crippen LogP) is 3.42. The fourth-order valence-electron chi connectivity index (χ4n) is 2.29. The van der Waals surface area contributed by atoms with Crippen LogP contribution in [-0.2, 0) is 0 Å². The van der Waals surface area contributed by atoms with Crippen molar-refractivity contribution in [1.82, 2.24) is 5.32 Å². The third kappa shape index (κ3) is 4.41. The zero-order valence-electron chi connectivity index (χ0n) is 11.6. The standard InChI is InChI=1S/C14H25NOS/c1-9(2)6-13(8-16)15-11(4)14-7-10(3)17-12(14)5/h7,9,11,13,15-16H,6,8H2,1-5H3. The van der Waals surface area contributed by atoms with E-state index < -0.39 is 0 Å². The van der Waals surface area contributed by atoms with E-state index in [-0.39, 0.29) is 12.6 Å². The van der Waals surface area contributed by atoms with Crippen LogP contribution in [0.25, 0.3) is 0 Å². The van der Waals surface area contributed by atoms with Gasteiger partial charge in [-0.2, -0.15) is 0 Å². The van der Waals surface area contributed by atoms with Gasteiger partial charge in [-0.1, -0.05) is 13.8 Å². The van der Waals surface area contributed by atoms with Crippen LogP contribution in [0.2, 0.25) is 0 Å². The number of aliphatic hydroxyl groups is 1. The number of aryl methyl sites for hydroxylation is 2. The van der Waals surface area contributed by atoms with Crippen molar-refractivity contribution in [1.29, 1.82) is 0 Å². The highest BCUT2D eigenvalue weighted by Crippen LogP contribution is 2.26. The topological polar surface area (TPSA) is 32.3 Å². The minimum absolute atomic E-state index is 0.199. The van der Waals surface area contributed by atoms with Crippen LogP contribution in [0.1, 0.15) is 48.6 Å². The summed E-state index contributed by atoms with van der Waals surface area (Å²) in [7, 11) is 0. The second kappa shape index (κ2) is 6.53. The number of hydrogen-bond acceptors (Lipinski definition) is 3. The molecule has 1 aromatic heterocycles. The molecule has 98 valence electrons. The van der Waals surface area contributed by atoms with Crippen LogP contribution in [-0.4, -0.2) is 17.8 Å². The molecule has 1 aromatic rings. The highest BCUT2D eigenvalue weighted by Gasteiger charge is 2.16. The summed E-state index contributed by atoms with van der Waals surface area (Å²) in [6.45, 7) is 11.1. The highest BCUT2D eigenvalue weighted by atomic mass is 32.1. The lowest BCUT2D eigenvalue weighted by atomic mass is 10.0. The van der Waals surface area contributed by atoms with E-state index in [0.29, 0.717) is 12.0 Å². The van der Waals surface area contributed by atoms with Gasteiger partial charge in [-0.05, 0) is 44.7 Å². The molecule has 0 saturated carbocycles. The average Bonchev–Trinajstić information content (AvgIpc) is 2.56. The monoisotopic (exact) mass is 255 g/mol. The molecule has 0 bridgehead atoms. The first-order valence-corrected chi connectivity index (χ1v) is 7.19. The molecule has 3 heteroatoms. The largest absolute Gasteiger partial charge is 0.395 e. The third-order valence-electron chi connectivity index (χ3n) is 3.01. The second-order valence-corrected chi connectivity index (χ2v) is 6.73. The minimum atomic E-state index is 0.199. The maximum atomic E-state index is 9.39. The van der Waals surface area contributed by atoms with Crippen molar-refractivity contribution >= 4 is 11.3 Å². The average molecular weight is 255 g/mol. The van der Waals surface area contributed by atoms with Crippen LogP contribution in [0.3, 0.4) is 0 Å². The molecule has 2 N–H and O–H groups in total. The van der Waals surface area contributed by atoms with E-state index in [1.807, 2.05) is 11.3 Å². The molecule has 0 aromatic carbocycles. The van der Waals surface area contributed by atoms with Gasteiger partial charge in [0.1, 0.15) is 0 Å². The summed E-state index contributed by atoms with van der Waals surface area (Å²) in [4.78, 5) is 2.74. The molecule has 0 spiro atoms. The second-order valence-electron chi connectivity index (χ2n) is 5.27. The quantitative estimate of drug-likeness (QED) is 0.816. The van der Waals surface area contributed by atoms with Gasteiger partial charge in [-0.3, -0.25) is 0 Å². The van der Waals surface area contributed by atoms with E-state index in [0.717, 1.165) is 6.42 Å². The molecule has 0 fully saturated rings. The smallest absolute Gasteiger partial charge is 0.0584 e. The van der Waals surface area contributed by atoms with Crippen molar-refractivity contribution in [2.45, 2.75) is 53.1 Å². The molecule has 2 atom stereocenters. The van der Waals surface area contributed by atoms with Crippen LogP contribution in [0.5, 0.6) is 0 Å². The van der Waals surface area contributed by atoms with E-state index in [9.17, 15) is 5.11 Å². The molecule has 0 amide bonds. The van der Waals surface area contributed by atoms with Gasteiger partial charge in [-0.15, -0.1) is 11.3 Å². The number of hydrogen-bond donors (Lipinski definition) is 2. The molecule has 17 heavy (non-hydrogen) atoms. The first-order valence-electron chi connectivity index (χ1n) is 6.37. The van der Waals surface area contributed by atoms with E-state index in [1.54, 1.807) is 0 Å². The Balaban J connectivity index is 2.64. The van der Waals surface area contributed by atoms with Gasteiger partial charge in [-0.25, -0.2) is 0 Å². The number of rotatable bonds is 6. The molecule has 1 heterocycles. The van der Waals surface area contributed by atoms with Crippen molar-refractivity contribution in [3.05, 3.63) is 21.4 Å². The fourth-order valence-corrected chi connectivity index (χ4v) is 3.31. The van der Waals surface area contributed by atoms with E-state index >= 15 is 0 Å². The van der Waals surface area contributed by atoms with Gasteiger partial charge < -0.3 is 10.4 Å². The van der Waals surface area contributed by atoms with E-state index in [1.165, 1.54) is 15.3 Å². The van der Waals surface area contributed by atoms with E-state index in [4.69, 9.17) is 0 Å². The fraction of sp³-hybridized carbons (Fsp3) is 0.714. The lowest BCUT2D eigenvalue weighted by Crippen LogP contribution is -2.35. The van der Waals surface area contributed by atoms with Gasteiger partial charge in [0.05, 0.1) is 6.61 Å². The highest BCUT2D eigenvalue weighted by molar-refractivity contribution is 7.12. The molecule has 0 aliphatic rings. The Kier molecular flexibility index (Phi) is 5.63.